The van der Waals surface area contributed by atoms with Crippen LogP contribution in [-0.2, 0) is 0 Å². The van der Waals surface area contributed by atoms with Gasteiger partial charge in [-0.3, -0.25) is 4.98 Å². The van der Waals surface area contributed by atoms with Gasteiger partial charge in [-0.1, -0.05) is 23.9 Å². The summed E-state index contributed by atoms with van der Waals surface area (Å²) in [6.07, 6.45) is 1.06. The van der Waals surface area contributed by atoms with Gasteiger partial charge in [0.2, 0.25) is 0 Å². The molecule has 1 aromatic heterocycles. The number of benzene rings is 1. The SMILES string of the molecule is CC(O)c1ccc(Sc2ccccc2F)cn1. The summed E-state index contributed by atoms with van der Waals surface area (Å²) in [5.41, 5.74) is 0.614. The number of hydrogen-bond acceptors (Lipinski definition) is 3. The lowest BCUT2D eigenvalue weighted by molar-refractivity contribution is 0.194. The van der Waals surface area contributed by atoms with Gasteiger partial charge >= 0.3 is 0 Å². The van der Waals surface area contributed by atoms with Crippen LogP contribution in [0, 0.1) is 5.82 Å². The Balaban J connectivity index is 2.17. The Morgan fingerprint density at radius 3 is 2.59 bits per heavy atom. The normalized spacial score (nSPS) is 12.4. The fourth-order valence-electron chi connectivity index (χ4n) is 1.35. The van der Waals surface area contributed by atoms with Crippen molar-refractivity contribution in [1.29, 1.82) is 0 Å². The maximum Gasteiger partial charge on any atom is 0.137 e. The molecule has 0 aliphatic heterocycles. The van der Waals surface area contributed by atoms with Crippen LogP contribution in [0.25, 0.3) is 0 Å². The molecule has 0 spiro atoms. The van der Waals surface area contributed by atoms with Crippen molar-refractivity contribution in [3.8, 4) is 0 Å². The van der Waals surface area contributed by atoms with E-state index in [4.69, 9.17) is 0 Å². The first kappa shape index (κ1) is 12.1. The quantitative estimate of drug-likeness (QED) is 0.904. The first-order chi connectivity index (χ1) is 8.16. The van der Waals surface area contributed by atoms with Gasteiger partial charge < -0.3 is 5.11 Å². The summed E-state index contributed by atoms with van der Waals surface area (Å²) in [7, 11) is 0. The largest absolute Gasteiger partial charge is 0.387 e. The highest BCUT2D eigenvalue weighted by Crippen LogP contribution is 2.29. The molecule has 88 valence electrons. The van der Waals surface area contributed by atoms with E-state index in [1.165, 1.54) is 17.8 Å². The average Bonchev–Trinajstić information content (AvgIpc) is 2.33. The molecule has 0 bridgehead atoms. The molecule has 0 aliphatic rings. The summed E-state index contributed by atoms with van der Waals surface area (Å²) in [5.74, 6) is -0.239. The van der Waals surface area contributed by atoms with Gasteiger partial charge in [0.15, 0.2) is 0 Å². The van der Waals surface area contributed by atoms with Crippen molar-refractivity contribution >= 4 is 11.8 Å². The molecular formula is C13H12FNOS. The number of aromatic nitrogens is 1. The molecule has 2 aromatic rings. The Labute approximate surface area is 104 Å². The van der Waals surface area contributed by atoms with Gasteiger partial charge in [0.1, 0.15) is 5.82 Å². The summed E-state index contributed by atoms with van der Waals surface area (Å²) >= 11 is 1.32. The molecule has 2 nitrogen and oxygen atoms in total. The van der Waals surface area contributed by atoms with Crippen molar-refractivity contribution < 1.29 is 9.50 Å². The van der Waals surface area contributed by atoms with E-state index in [1.54, 1.807) is 37.4 Å². The summed E-state index contributed by atoms with van der Waals surface area (Å²) < 4.78 is 13.4. The smallest absolute Gasteiger partial charge is 0.137 e. The van der Waals surface area contributed by atoms with Crippen molar-refractivity contribution in [3.05, 3.63) is 54.1 Å². The van der Waals surface area contributed by atoms with Gasteiger partial charge in [-0.05, 0) is 31.2 Å². The van der Waals surface area contributed by atoms with E-state index >= 15 is 0 Å². The number of aliphatic hydroxyl groups is 1. The molecule has 1 aromatic carbocycles. The third kappa shape index (κ3) is 3.05. The molecular weight excluding hydrogens is 237 g/mol. The second-order valence-corrected chi connectivity index (χ2v) is 4.74. The van der Waals surface area contributed by atoms with E-state index in [2.05, 4.69) is 4.98 Å². The van der Waals surface area contributed by atoms with Crippen molar-refractivity contribution in [1.82, 2.24) is 4.98 Å². The molecule has 17 heavy (non-hydrogen) atoms. The lowest BCUT2D eigenvalue weighted by Crippen LogP contribution is -1.94. The second kappa shape index (κ2) is 5.29. The lowest BCUT2D eigenvalue weighted by atomic mass is 10.2. The van der Waals surface area contributed by atoms with Crippen LogP contribution in [0.3, 0.4) is 0 Å². The molecule has 1 atom stereocenters. The highest BCUT2D eigenvalue weighted by atomic mass is 32.2. The Hall–Kier alpha value is -1.39. The van der Waals surface area contributed by atoms with E-state index in [-0.39, 0.29) is 5.82 Å². The molecule has 0 aliphatic carbocycles. The molecule has 0 amide bonds. The van der Waals surface area contributed by atoms with Crippen LogP contribution in [0.2, 0.25) is 0 Å². The van der Waals surface area contributed by atoms with Crippen molar-refractivity contribution in [2.45, 2.75) is 22.8 Å². The number of aliphatic hydroxyl groups excluding tert-OH is 1. The van der Waals surface area contributed by atoms with Gasteiger partial charge in [0, 0.05) is 16.0 Å². The molecule has 1 unspecified atom stereocenters. The first-order valence-corrected chi connectivity index (χ1v) is 6.05. The highest BCUT2D eigenvalue weighted by molar-refractivity contribution is 7.99. The van der Waals surface area contributed by atoms with Gasteiger partial charge in [-0.2, -0.15) is 0 Å². The van der Waals surface area contributed by atoms with Gasteiger partial charge in [-0.25, -0.2) is 4.39 Å². The molecule has 2 rings (SSSR count). The van der Waals surface area contributed by atoms with Gasteiger partial charge in [0.05, 0.1) is 11.8 Å². The Morgan fingerprint density at radius 1 is 1.24 bits per heavy atom. The van der Waals surface area contributed by atoms with Crippen LogP contribution < -0.4 is 0 Å². The lowest BCUT2D eigenvalue weighted by Gasteiger charge is -2.05. The Bertz CT molecular complexity index is 499. The first-order valence-electron chi connectivity index (χ1n) is 5.23. The predicted molar refractivity (Wildman–Crippen MR) is 65.4 cm³/mol. The van der Waals surface area contributed by atoms with E-state index in [0.717, 1.165) is 4.90 Å². The summed E-state index contributed by atoms with van der Waals surface area (Å²) in [6.45, 7) is 1.66. The van der Waals surface area contributed by atoms with Crippen LogP contribution >= 0.6 is 11.8 Å². The standard InChI is InChI=1S/C13H12FNOS/c1-9(16)12-7-6-10(8-15-12)17-13-5-3-2-4-11(13)14/h2-9,16H,1H3. The molecule has 0 saturated heterocycles. The number of halogens is 1. The zero-order valence-corrected chi connectivity index (χ0v) is 10.1. The van der Waals surface area contributed by atoms with Crippen molar-refractivity contribution in [2.24, 2.45) is 0 Å². The monoisotopic (exact) mass is 249 g/mol. The average molecular weight is 249 g/mol. The highest BCUT2D eigenvalue weighted by Gasteiger charge is 2.05. The second-order valence-electron chi connectivity index (χ2n) is 3.63. The molecule has 0 saturated carbocycles. The molecule has 0 radical (unpaired) electrons. The number of hydrogen-bond donors (Lipinski definition) is 1. The maximum absolute atomic E-state index is 13.4. The number of pyridine rings is 1. The predicted octanol–water partition coefficient (Wildman–Crippen LogP) is 3.43. The third-order valence-corrected chi connectivity index (χ3v) is 3.28. The number of rotatable bonds is 3. The van der Waals surface area contributed by atoms with E-state index in [9.17, 15) is 9.50 Å². The van der Waals surface area contributed by atoms with Crippen molar-refractivity contribution in [3.63, 3.8) is 0 Å². The Morgan fingerprint density at radius 2 is 2.00 bits per heavy atom. The summed E-state index contributed by atoms with van der Waals surface area (Å²) in [4.78, 5) is 5.53. The summed E-state index contributed by atoms with van der Waals surface area (Å²) in [5, 5.41) is 9.32. The van der Waals surface area contributed by atoms with Crippen LogP contribution in [0.15, 0.2) is 52.4 Å². The number of nitrogens with zero attached hydrogens (tertiary/aromatic N) is 1. The third-order valence-electron chi connectivity index (χ3n) is 2.25. The van der Waals surface area contributed by atoms with Crippen LogP contribution in [-0.4, -0.2) is 10.1 Å². The molecule has 0 fully saturated rings. The fraction of sp³-hybridized carbons (Fsp3) is 0.154. The van der Waals surface area contributed by atoms with Gasteiger partial charge in [0.25, 0.3) is 0 Å². The Kier molecular flexibility index (Phi) is 3.76. The van der Waals surface area contributed by atoms with E-state index in [0.29, 0.717) is 10.6 Å². The zero-order valence-electron chi connectivity index (χ0n) is 9.30. The minimum atomic E-state index is -0.581. The van der Waals surface area contributed by atoms with Crippen molar-refractivity contribution in [2.75, 3.05) is 0 Å². The molecule has 4 heteroatoms. The van der Waals surface area contributed by atoms with Crippen LogP contribution in [0.4, 0.5) is 4.39 Å². The molecule has 1 N–H and O–H groups in total. The van der Waals surface area contributed by atoms with E-state index < -0.39 is 6.10 Å². The van der Waals surface area contributed by atoms with Crippen LogP contribution in [0.5, 0.6) is 0 Å². The topological polar surface area (TPSA) is 33.1 Å². The maximum atomic E-state index is 13.4. The minimum Gasteiger partial charge on any atom is -0.387 e. The van der Waals surface area contributed by atoms with Gasteiger partial charge in [-0.15, -0.1) is 0 Å². The summed E-state index contributed by atoms with van der Waals surface area (Å²) in [6, 6.07) is 10.2. The minimum absolute atomic E-state index is 0.239. The van der Waals surface area contributed by atoms with E-state index in [1.807, 2.05) is 6.07 Å². The fourth-order valence-corrected chi connectivity index (χ4v) is 2.16. The zero-order chi connectivity index (χ0) is 12.3. The molecule has 1 heterocycles. The van der Waals surface area contributed by atoms with Crippen LogP contribution in [0.1, 0.15) is 18.7 Å².